The van der Waals surface area contributed by atoms with Gasteiger partial charge >= 0.3 is 0 Å². The van der Waals surface area contributed by atoms with Gasteiger partial charge in [-0.05, 0) is 68.8 Å². The Hall–Kier alpha value is -2.25. The lowest BCUT2D eigenvalue weighted by molar-refractivity contribution is -0.136. The molecule has 0 spiro atoms. The van der Waals surface area contributed by atoms with Gasteiger partial charge in [0.05, 0.1) is 0 Å². The number of likely N-dealkylation sites (tertiary alicyclic amines) is 1. The zero-order chi connectivity index (χ0) is 21.4. The predicted molar refractivity (Wildman–Crippen MR) is 116 cm³/mol. The minimum Gasteiger partial charge on any atom is -0.322 e. The lowest BCUT2D eigenvalue weighted by Gasteiger charge is -2.42. The highest BCUT2D eigenvalue weighted by molar-refractivity contribution is 6.05. The summed E-state index contributed by atoms with van der Waals surface area (Å²) < 4.78 is 0. The zero-order valence-corrected chi connectivity index (χ0v) is 18.1. The van der Waals surface area contributed by atoms with Crippen molar-refractivity contribution in [2.45, 2.75) is 70.1 Å². The fourth-order valence-electron chi connectivity index (χ4n) is 5.99. The molecule has 0 saturated carbocycles. The van der Waals surface area contributed by atoms with E-state index in [1.165, 1.54) is 32.1 Å². The van der Waals surface area contributed by atoms with Crippen molar-refractivity contribution in [3.05, 3.63) is 34.9 Å². The normalized spacial score (nSPS) is 29.7. The molecule has 1 aromatic rings. The average molecular weight is 425 g/mol. The number of carbonyl (C=O) groups excluding carboxylic acids is 3. The molecule has 0 bridgehead atoms. The van der Waals surface area contributed by atoms with Crippen molar-refractivity contribution >= 4 is 17.7 Å². The average Bonchev–Trinajstić information content (AvgIpc) is 3.12. The van der Waals surface area contributed by atoms with Crippen molar-refractivity contribution in [2.24, 2.45) is 5.92 Å². The first kappa shape index (κ1) is 20.6. The Morgan fingerprint density at radius 1 is 1.03 bits per heavy atom. The molecule has 2 N–H and O–H groups in total. The molecule has 5 rings (SSSR count). The molecule has 4 heterocycles. The molecule has 7 nitrogen and oxygen atoms in total. The van der Waals surface area contributed by atoms with Gasteiger partial charge in [-0.2, -0.15) is 0 Å². The van der Waals surface area contributed by atoms with Crippen molar-refractivity contribution in [1.82, 2.24) is 20.4 Å². The van der Waals surface area contributed by atoms with Crippen LogP contribution in [0, 0.1) is 5.92 Å². The number of piperidine rings is 3. The zero-order valence-electron chi connectivity index (χ0n) is 18.1. The Labute approximate surface area is 183 Å². The SMILES string of the molecule is O=C1CCC(N2Cc3cccc(CN4CCCCC4C4CCCNC4)c3C2=O)C(=O)N1. The van der Waals surface area contributed by atoms with Crippen molar-refractivity contribution in [3.8, 4) is 0 Å². The monoisotopic (exact) mass is 424 g/mol. The van der Waals surface area contributed by atoms with Crippen LogP contribution in [0.25, 0.3) is 0 Å². The van der Waals surface area contributed by atoms with E-state index in [1.807, 2.05) is 12.1 Å². The molecule has 0 aromatic heterocycles. The molecule has 4 aliphatic heterocycles. The Morgan fingerprint density at radius 3 is 2.74 bits per heavy atom. The second-order valence-corrected chi connectivity index (χ2v) is 9.49. The molecule has 31 heavy (non-hydrogen) atoms. The number of nitrogens with zero attached hydrogens (tertiary/aromatic N) is 2. The summed E-state index contributed by atoms with van der Waals surface area (Å²) in [5, 5.41) is 5.96. The van der Waals surface area contributed by atoms with Gasteiger partial charge in [-0.3, -0.25) is 24.6 Å². The van der Waals surface area contributed by atoms with Crippen LogP contribution in [-0.4, -0.2) is 59.2 Å². The van der Waals surface area contributed by atoms with Gasteiger partial charge in [0.25, 0.3) is 5.91 Å². The van der Waals surface area contributed by atoms with E-state index in [0.717, 1.165) is 42.9 Å². The highest BCUT2D eigenvalue weighted by Crippen LogP contribution is 2.33. The molecular formula is C24H32N4O3. The highest BCUT2D eigenvalue weighted by atomic mass is 16.2. The van der Waals surface area contributed by atoms with Crippen molar-refractivity contribution < 1.29 is 14.4 Å². The van der Waals surface area contributed by atoms with E-state index in [0.29, 0.717) is 24.9 Å². The smallest absolute Gasteiger partial charge is 0.255 e. The lowest BCUT2D eigenvalue weighted by atomic mass is 9.85. The van der Waals surface area contributed by atoms with Gasteiger partial charge in [-0.15, -0.1) is 0 Å². The number of imide groups is 1. The molecule has 3 saturated heterocycles. The minimum atomic E-state index is -0.554. The Bertz CT molecular complexity index is 880. The van der Waals surface area contributed by atoms with Gasteiger partial charge in [-0.25, -0.2) is 0 Å². The molecule has 4 aliphatic rings. The maximum atomic E-state index is 13.4. The molecule has 166 valence electrons. The number of hydrogen-bond acceptors (Lipinski definition) is 5. The highest BCUT2D eigenvalue weighted by Gasteiger charge is 2.40. The molecule has 3 unspecified atom stereocenters. The Kier molecular flexibility index (Phi) is 5.80. The van der Waals surface area contributed by atoms with Crippen LogP contribution in [0.1, 0.15) is 66.4 Å². The summed E-state index contributed by atoms with van der Waals surface area (Å²) in [5.74, 6) is 0.0220. The third kappa shape index (κ3) is 4.01. The van der Waals surface area contributed by atoms with E-state index in [1.54, 1.807) is 4.90 Å². The Balaban J connectivity index is 1.36. The number of nitrogens with one attached hydrogen (secondary N) is 2. The maximum absolute atomic E-state index is 13.4. The van der Waals surface area contributed by atoms with Gasteiger partial charge < -0.3 is 10.2 Å². The predicted octanol–water partition coefficient (Wildman–Crippen LogP) is 1.80. The fourth-order valence-corrected chi connectivity index (χ4v) is 5.99. The van der Waals surface area contributed by atoms with Crippen LogP contribution in [0.3, 0.4) is 0 Å². The molecule has 1 aromatic carbocycles. The summed E-state index contributed by atoms with van der Waals surface area (Å²) in [6, 6.07) is 6.13. The third-order valence-corrected chi connectivity index (χ3v) is 7.56. The summed E-state index contributed by atoms with van der Waals surface area (Å²) in [6.45, 7) is 4.54. The van der Waals surface area contributed by atoms with E-state index < -0.39 is 6.04 Å². The minimum absolute atomic E-state index is 0.0620. The van der Waals surface area contributed by atoms with Crippen LogP contribution in [0.15, 0.2) is 18.2 Å². The fraction of sp³-hybridized carbons (Fsp3) is 0.625. The van der Waals surface area contributed by atoms with Gasteiger partial charge in [0, 0.05) is 31.1 Å². The summed E-state index contributed by atoms with van der Waals surface area (Å²) in [7, 11) is 0. The Morgan fingerprint density at radius 2 is 1.94 bits per heavy atom. The van der Waals surface area contributed by atoms with E-state index >= 15 is 0 Å². The molecule has 7 heteroatoms. The summed E-state index contributed by atoms with van der Waals surface area (Å²) in [6.07, 6.45) is 6.95. The number of hydrogen-bond donors (Lipinski definition) is 2. The lowest BCUT2D eigenvalue weighted by Crippen LogP contribution is -2.52. The van der Waals surface area contributed by atoms with E-state index in [2.05, 4.69) is 21.6 Å². The van der Waals surface area contributed by atoms with Gasteiger partial charge in [0.15, 0.2) is 0 Å². The van der Waals surface area contributed by atoms with E-state index in [-0.39, 0.29) is 24.1 Å². The van der Waals surface area contributed by atoms with Gasteiger partial charge in [0.1, 0.15) is 6.04 Å². The largest absolute Gasteiger partial charge is 0.322 e. The van der Waals surface area contributed by atoms with Crippen LogP contribution in [-0.2, 0) is 22.7 Å². The van der Waals surface area contributed by atoms with Crippen LogP contribution in [0.5, 0.6) is 0 Å². The molecule has 3 amide bonds. The number of carbonyl (C=O) groups is 3. The van der Waals surface area contributed by atoms with Crippen LogP contribution < -0.4 is 10.6 Å². The van der Waals surface area contributed by atoms with Crippen molar-refractivity contribution in [1.29, 1.82) is 0 Å². The second kappa shape index (κ2) is 8.71. The quantitative estimate of drug-likeness (QED) is 0.721. The first-order valence-electron chi connectivity index (χ1n) is 11.8. The first-order chi connectivity index (χ1) is 15.1. The van der Waals surface area contributed by atoms with E-state index in [9.17, 15) is 14.4 Å². The molecule has 0 radical (unpaired) electrons. The van der Waals surface area contributed by atoms with Crippen LogP contribution >= 0.6 is 0 Å². The standard InChI is InChI=1S/C24H32N4O3/c29-21-10-9-20(23(30)26-21)28-15-18-6-3-5-17(22(18)24(28)31)14-27-12-2-1-8-19(27)16-7-4-11-25-13-16/h3,5-6,16,19-20,25H,1-2,4,7-15H2,(H,26,29,30). The summed E-state index contributed by atoms with van der Waals surface area (Å²) >= 11 is 0. The number of amides is 3. The number of benzene rings is 1. The molecule has 0 aliphatic carbocycles. The van der Waals surface area contributed by atoms with Crippen LogP contribution in [0.2, 0.25) is 0 Å². The second-order valence-electron chi connectivity index (χ2n) is 9.49. The van der Waals surface area contributed by atoms with Crippen LogP contribution in [0.4, 0.5) is 0 Å². The summed E-state index contributed by atoms with van der Waals surface area (Å²) in [4.78, 5) is 41.6. The molecular weight excluding hydrogens is 392 g/mol. The van der Waals surface area contributed by atoms with Crippen molar-refractivity contribution in [3.63, 3.8) is 0 Å². The summed E-state index contributed by atoms with van der Waals surface area (Å²) in [5.41, 5.74) is 2.85. The van der Waals surface area contributed by atoms with Gasteiger partial charge in [-0.1, -0.05) is 24.6 Å². The third-order valence-electron chi connectivity index (χ3n) is 7.56. The first-order valence-corrected chi connectivity index (χ1v) is 11.8. The number of fused-ring (bicyclic) bond motifs is 1. The van der Waals surface area contributed by atoms with E-state index in [4.69, 9.17) is 0 Å². The topological polar surface area (TPSA) is 81.8 Å². The number of rotatable bonds is 4. The maximum Gasteiger partial charge on any atom is 0.255 e. The van der Waals surface area contributed by atoms with Crippen molar-refractivity contribution in [2.75, 3.05) is 19.6 Å². The molecule has 3 fully saturated rings. The molecule has 3 atom stereocenters. The van der Waals surface area contributed by atoms with Gasteiger partial charge in [0.2, 0.25) is 11.8 Å².